The Balaban J connectivity index is 1.47. The number of rotatable bonds is 6. The van der Waals surface area contributed by atoms with Gasteiger partial charge >= 0.3 is 0 Å². The van der Waals surface area contributed by atoms with Gasteiger partial charge in [0.25, 0.3) is 5.91 Å². The summed E-state index contributed by atoms with van der Waals surface area (Å²) in [6, 6.07) is 21.9. The number of fused-ring (bicyclic) bond motifs is 1. The fraction of sp³-hybridized carbons (Fsp3) is 0.250. The molecule has 178 valence electrons. The van der Waals surface area contributed by atoms with Crippen LogP contribution in [0.4, 0.5) is 0 Å². The summed E-state index contributed by atoms with van der Waals surface area (Å²) in [6.45, 7) is 6.92. The topological polar surface area (TPSA) is 67.2 Å². The molecule has 1 aliphatic heterocycles. The average Bonchev–Trinajstić information content (AvgIpc) is 3.52. The van der Waals surface area contributed by atoms with Gasteiger partial charge in [-0.1, -0.05) is 65.7 Å². The van der Waals surface area contributed by atoms with Gasteiger partial charge < -0.3 is 10.2 Å². The van der Waals surface area contributed by atoms with Gasteiger partial charge in [0.2, 0.25) is 5.91 Å². The Kier molecular flexibility index (Phi) is 6.03. The van der Waals surface area contributed by atoms with Crippen molar-refractivity contribution in [3.05, 3.63) is 100 Å². The van der Waals surface area contributed by atoms with Crippen LogP contribution in [-0.4, -0.2) is 32.0 Å². The molecule has 1 aliphatic rings. The first-order valence-electron chi connectivity index (χ1n) is 11.7. The first-order valence-corrected chi connectivity index (χ1v) is 12.5. The van der Waals surface area contributed by atoms with Crippen molar-refractivity contribution in [2.24, 2.45) is 0 Å². The number of nitrogens with one attached hydrogen (secondary N) is 1. The molecule has 2 aromatic carbocycles. The van der Waals surface area contributed by atoms with Gasteiger partial charge in [-0.3, -0.25) is 14.3 Å². The van der Waals surface area contributed by atoms with Gasteiger partial charge in [0.05, 0.1) is 11.4 Å². The van der Waals surface area contributed by atoms with Crippen molar-refractivity contribution in [2.45, 2.75) is 45.9 Å². The summed E-state index contributed by atoms with van der Waals surface area (Å²) in [7, 11) is 0. The van der Waals surface area contributed by atoms with E-state index in [0.29, 0.717) is 18.8 Å². The van der Waals surface area contributed by atoms with Crippen LogP contribution in [0.5, 0.6) is 0 Å². The number of amides is 2. The molecule has 1 N–H and O–H groups in total. The smallest absolute Gasteiger partial charge is 0.273 e. The van der Waals surface area contributed by atoms with E-state index in [1.807, 2.05) is 92.9 Å². The quantitative estimate of drug-likeness (QED) is 0.421. The summed E-state index contributed by atoms with van der Waals surface area (Å²) >= 11 is 1.58. The molecule has 0 fully saturated rings. The fourth-order valence-corrected chi connectivity index (χ4v) is 5.07. The van der Waals surface area contributed by atoms with Crippen LogP contribution in [0.1, 0.15) is 39.7 Å². The van der Waals surface area contributed by atoms with E-state index in [2.05, 4.69) is 5.32 Å². The van der Waals surface area contributed by atoms with Crippen molar-refractivity contribution in [1.29, 1.82) is 0 Å². The van der Waals surface area contributed by atoms with Gasteiger partial charge in [-0.25, -0.2) is 0 Å². The number of hydrogen-bond acceptors (Lipinski definition) is 4. The molecule has 6 nitrogen and oxygen atoms in total. The Morgan fingerprint density at radius 2 is 1.69 bits per heavy atom. The summed E-state index contributed by atoms with van der Waals surface area (Å²) in [5.74, 6) is -0.391. The van der Waals surface area contributed by atoms with Gasteiger partial charge in [-0.2, -0.15) is 5.10 Å². The molecule has 0 saturated heterocycles. The van der Waals surface area contributed by atoms with Crippen molar-refractivity contribution in [2.75, 3.05) is 0 Å². The molecule has 0 radical (unpaired) electrons. The summed E-state index contributed by atoms with van der Waals surface area (Å²) in [6.07, 6.45) is 0. The highest BCUT2D eigenvalue weighted by molar-refractivity contribution is 7.13. The molecule has 0 spiro atoms. The predicted octanol–water partition coefficient (Wildman–Crippen LogP) is 4.96. The highest BCUT2D eigenvalue weighted by atomic mass is 32.1. The Morgan fingerprint density at radius 3 is 2.31 bits per heavy atom. The van der Waals surface area contributed by atoms with Gasteiger partial charge in [0.15, 0.2) is 0 Å². The fourth-order valence-electron chi connectivity index (χ4n) is 4.39. The lowest BCUT2D eigenvalue weighted by Gasteiger charge is -2.43. The SMILES string of the molecule is Cc1ccc(CNC(=O)[C@]2(C)Cn3nc(-c4cccs4)cc3C(=O)N2Cc2ccc(C)cc2)cc1. The number of hydrogen-bond donors (Lipinski definition) is 1. The van der Waals surface area contributed by atoms with Crippen LogP contribution in [-0.2, 0) is 24.4 Å². The number of carbonyl (C=O) groups excluding carboxylic acids is 2. The molecule has 0 aliphatic carbocycles. The number of thiophene rings is 1. The lowest BCUT2D eigenvalue weighted by Crippen LogP contribution is -2.63. The van der Waals surface area contributed by atoms with E-state index in [-0.39, 0.29) is 18.4 Å². The average molecular weight is 485 g/mol. The van der Waals surface area contributed by atoms with Gasteiger partial charge in [0, 0.05) is 13.1 Å². The second-order valence-corrected chi connectivity index (χ2v) is 10.3. The molecule has 7 heteroatoms. The molecule has 3 heterocycles. The van der Waals surface area contributed by atoms with E-state index in [0.717, 1.165) is 27.3 Å². The van der Waals surface area contributed by atoms with Crippen molar-refractivity contribution in [1.82, 2.24) is 20.0 Å². The van der Waals surface area contributed by atoms with E-state index in [1.165, 1.54) is 5.56 Å². The maximum atomic E-state index is 13.8. The van der Waals surface area contributed by atoms with Crippen LogP contribution in [0.3, 0.4) is 0 Å². The third kappa shape index (κ3) is 4.51. The van der Waals surface area contributed by atoms with E-state index in [1.54, 1.807) is 20.9 Å². The Labute approximate surface area is 209 Å². The van der Waals surface area contributed by atoms with E-state index < -0.39 is 5.54 Å². The molecular formula is C28H28N4O2S. The number of aryl methyl sites for hydroxylation is 2. The second-order valence-electron chi connectivity index (χ2n) is 9.37. The second kappa shape index (κ2) is 9.15. The zero-order valence-corrected chi connectivity index (χ0v) is 20.9. The maximum Gasteiger partial charge on any atom is 0.273 e. The molecule has 0 saturated carbocycles. The first kappa shape index (κ1) is 23.1. The number of aromatic nitrogens is 2. The van der Waals surface area contributed by atoms with E-state index in [4.69, 9.17) is 5.10 Å². The minimum Gasteiger partial charge on any atom is -0.350 e. The molecule has 1 atom stereocenters. The summed E-state index contributed by atoms with van der Waals surface area (Å²) in [4.78, 5) is 30.1. The van der Waals surface area contributed by atoms with Crippen LogP contribution >= 0.6 is 11.3 Å². The Bertz CT molecular complexity index is 1360. The molecule has 5 rings (SSSR count). The van der Waals surface area contributed by atoms with E-state index >= 15 is 0 Å². The third-order valence-electron chi connectivity index (χ3n) is 6.60. The zero-order valence-electron chi connectivity index (χ0n) is 20.1. The van der Waals surface area contributed by atoms with Crippen LogP contribution in [0.15, 0.2) is 72.1 Å². The van der Waals surface area contributed by atoms with Crippen LogP contribution < -0.4 is 5.32 Å². The zero-order chi connectivity index (χ0) is 24.6. The van der Waals surface area contributed by atoms with Crippen molar-refractivity contribution in [3.63, 3.8) is 0 Å². The van der Waals surface area contributed by atoms with Crippen LogP contribution in [0, 0.1) is 13.8 Å². The van der Waals surface area contributed by atoms with Crippen molar-refractivity contribution < 1.29 is 9.59 Å². The normalized spacial score (nSPS) is 17.3. The largest absolute Gasteiger partial charge is 0.350 e. The van der Waals surface area contributed by atoms with Crippen molar-refractivity contribution >= 4 is 23.2 Å². The van der Waals surface area contributed by atoms with E-state index in [9.17, 15) is 9.59 Å². The molecule has 0 unspecified atom stereocenters. The highest BCUT2D eigenvalue weighted by Gasteiger charge is 2.48. The highest BCUT2D eigenvalue weighted by Crippen LogP contribution is 2.32. The van der Waals surface area contributed by atoms with Gasteiger partial charge in [0.1, 0.15) is 16.9 Å². The molecule has 0 bridgehead atoms. The first-order chi connectivity index (χ1) is 16.8. The molecule has 35 heavy (non-hydrogen) atoms. The minimum absolute atomic E-state index is 0.194. The van der Waals surface area contributed by atoms with Crippen LogP contribution in [0.25, 0.3) is 10.6 Å². The maximum absolute atomic E-state index is 13.8. The number of benzene rings is 2. The molecule has 2 aromatic heterocycles. The Morgan fingerprint density at radius 1 is 1.03 bits per heavy atom. The van der Waals surface area contributed by atoms with Gasteiger partial charge in [-0.05, 0) is 49.4 Å². The molecule has 2 amide bonds. The lowest BCUT2D eigenvalue weighted by molar-refractivity contribution is -0.133. The number of nitrogens with zero attached hydrogens (tertiary/aromatic N) is 3. The summed E-state index contributed by atoms with van der Waals surface area (Å²) in [5, 5.41) is 9.76. The van der Waals surface area contributed by atoms with Crippen LogP contribution in [0.2, 0.25) is 0 Å². The standard InChI is InChI=1S/C28H28N4O2S/c1-19-6-10-21(11-7-19)16-29-27(34)28(3)18-32-24(15-23(30-32)25-5-4-14-35-25)26(33)31(28)17-22-12-8-20(2)9-13-22/h4-15H,16-18H2,1-3H3,(H,29,34)/t28-/m0/s1. The summed E-state index contributed by atoms with van der Waals surface area (Å²) < 4.78 is 1.69. The number of carbonyl (C=O) groups is 2. The Hall–Kier alpha value is -3.71. The van der Waals surface area contributed by atoms with Gasteiger partial charge in [-0.15, -0.1) is 11.3 Å². The monoisotopic (exact) mass is 484 g/mol. The molecule has 4 aromatic rings. The van der Waals surface area contributed by atoms with Crippen molar-refractivity contribution in [3.8, 4) is 10.6 Å². The lowest BCUT2D eigenvalue weighted by atomic mass is 9.94. The predicted molar refractivity (Wildman–Crippen MR) is 138 cm³/mol. The third-order valence-corrected chi connectivity index (χ3v) is 7.49. The summed E-state index contributed by atoms with van der Waals surface area (Å²) in [5.41, 5.74) is 4.47. The molecular weight excluding hydrogens is 456 g/mol. The minimum atomic E-state index is -1.10.